The number of rotatable bonds is 6. The second kappa shape index (κ2) is 7.40. The molecule has 2 N–H and O–H groups in total. The second-order valence-corrected chi connectivity index (χ2v) is 7.36. The first-order chi connectivity index (χ1) is 11.9. The van der Waals surface area contributed by atoms with Crippen LogP contribution in [0.1, 0.15) is 45.0 Å². The highest BCUT2D eigenvalue weighted by Gasteiger charge is 2.41. The van der Waals surface area contributed by atoms with Gasteiger partial charge in [-0.1, -0.05) is 20.8 Å². The van der Waals surface area contributed by atoms with Gasteiger partial charge in [-0.05, 0) is 32.0 Å². The summed E-state index contributed by atoms with van der Waals surface area (Å²) >= 11 is 0. The Labute approximate surface area is 151 Å². The molecule has 0 aliphatic carbocycles. The van der Waals surface area contributed by atoms with E-state index < -0.39 is 47.8 Å². The molecule has 1 heterocycles. The number of nitrogens with zero attached hydrogens (tertiary/aromatic N) is 1. The van der Waals surface area contributed by atoms with Crippen molar-refractivity contribution < 1.29 is 33.7 Å². The quantitative estimate of drug-likeness (QED) is 0.586. The van der Waals surface area contributed by atoms with Crippen LogP contribution in [0.15, 0.2) is 18.2 Å². The first-order valence-electron chi connectivity index (χ1n) is 8.28. The van der Waals surface area contributed by atoms with E-state index in [1.807, 2.05) is 0 Å². The van der Waals surface area contributed by atoms with Crippen LogP contribution in [-0.2, 0) is 14.3 Å². The largest absolute Gasteiger partial charge is 0.367 e. The summed E-state index contributed by atoms with van der Waals surface area (Å²) in [7, 11) is 0. The fourth-order valence-corrected chi connectivity index (χ4v) is 2.49. The van der Waals surface area contributed by atoms with Crippen LogP contribution < -0.4 is 4.90 Å². The molecule has 4 unspecified atom stereocenters. The first kappa shape index (κ1) is 20.4. The van der Waals surface area contributed by atoms with Gasteiger partial charge >= 0.3 is 0 Å². The lowest BCUT2D eigenvalue weighted by atomic mass is 9.96. The van der Waals surface area contributed by atoms with E-state index >= 15 is 0 Å². The number of hydrogen-bond donors (Lipinski definition) is 2. The van der Waals surface area contributed by atoms with Crippen molar-refractivity contribution in [3.8, 4) is 0 Å². The van der Waals surface area contributed by atoms with E-state index in [2.05, 4.69) is 0 Å². The predicted molar refractivity (Wildman–Crippen MR) is 90.8 cm³/mol. The normalized spacial score (nSPS) is 19.3. The lowest BCUT2D eigenvalue weighted by Crippen LogP contribution is -2.47. The number of ether oxygens (including phenoxy) is 2. The monoisotopic (exact) mass is 369 g/mol. The molecule has 0 aromatic heterocycles. The predicted octanol–water partition coefficient (Wildman–Crippen LogP) is 1.81. The van der Waals surface area contributed by atoms with Crippen LogP contribution in [0.3, 0.4) is 0 Å². The zero-order valence-electron chi connectivity index (χ0n) is 15.4. The molecule has 2 rings (SSSR count). The fraction of sp³-hybridized carbons (Fsp3) is 0.556. The molecule has 1 aromatic carbocycles. The Hall–Kier alpha value is -1.87. The van der Waals surface area contributed by atoms with Gasteiger partial charge in [0.05, 0.1) is 17.3 Å². The molecule has 26 heavy (non-hydrogen) atoms. The number of amides is 1. The fourth-order valence-electron chi connectivity index (χ4n) is 2.49. The molecule has 0 spiro atoms. The maximum atomic E-state index is 13.3. The van der Waals surface area contributed by atoms with Crippen molar-refractivity contribution in [1.82, 2.24) is 0 Å². The Bertz CT molecular complexity index is 701. The maximum Gasteiger partial charge on any atom is 0.299 e. The average molecular weight is 369 g/mol. The van der Waals surface area contributed by atoms with Gasteiger partial charge in [0.25, 0.3) is 11.7 Å². The molecule has 0 radical (unpaired) electrons. The number of anilines is 1. The van der Waals surface area contributed by atoms with Crippen molar-refractivity contribution in [3.05, 3.63) is 29.6 Å². The van der Waals surface area contributed by atoms with E-state index in [0.717, 1.165) is 17.0 Å². The van der Waals surface area contributed by atoms with Gasteiger partial charge in [-0.15, -0.1) is 0 Å². The highest BCUT2D eigenvalue weighted by molar-refractivity contribution is 6.52. The molecule has 144 valence electrons. The molecule has 4 atom stereocenters. The summed E-state index contributed by atoms with van der Waals surface area (Å²) in [5, 5.41) is 20.2. The van der Waals surface area contributed by atoms with Crippen LogP contribution >= 0.6 is 0 Å². The van der Waals surface area contributed by atoms with Gasteiger partial charge < -0.3 is 19.7 Å². The van der Waals surface area contributed by atoms with E-state index in [0.29, 0.717) is 0 Å². The number of aliphatic hydroxyl groups is 2. The van der Waals surface area contributed by atoms with Crippen LogP contribution in [0.4, 0.5) is 10.1 Å². The van der Waals surface area contributed by atoms with E-state index in [4.69, 9.17) is 9.47 Å². The number of carbonyl (C=O) groups excluding carboxylic acids is 2. The van der Waals surface area contributed by atoms with Crippen LogP contribution in [0.2, 0.25) is 0 Å². The molecule has 7 nitrogen and oxygen atoms in total. The van der Waals surface area contributed by atoms with E-state index in [1.54, 1.807) is 20.8 Å². The average Bonchev–Trinajstić information content (AvgIpc) is 2.77. The van der Waals surface area contributed by atoms with Gasteiger partial charge in [0.1, 0.15) is 5.82 Å². The lowest BCUT2D eigenvalue weighted by molar-refractivity contribution is -0.290. The summed E-state index contributed by atoms with van der Waals surface area (Å²) < 4.78 is 23.9. The van der Waals surface area contributed by atoms with Crippen molar-refractivity contribution in [1.29, 1.82) is 0 Å². The third kappa shape index (κ3) is 4.09. The highest BCUT2D eigenvalue weighted by atomic mass is 19.1. The Morgan fingerprint density at radius 3 is 2.31 bits per heavy atom. The minimum Gasteiger partial charge on any atom is -0.367 e. The zero-order chi connectivity index (χ0) is 19.8. The summed E-state index contributed by atoms with van der Waals surface area (Å²) in [4.78, 5) is 25.3. The van der Waals surface area contributed by atoms with Gasteiger partial charge in [-0.25, -0.2) is 4.39 Å². The zero-order valence-corrected chi connectivity index (χ0v) is 15.4. The molecular weight excluding hydrogens is 345 g/mol. The SMILES string of the molecule is CC(OC(O)C(C)N1C(=O)C(=O)c2cc(F)ccc21)OC(O)C(C)(C)C. The summed E-state index contributed by atoms with van der Waals surface area (Å²) in [5.41, 5.74) is -0.393. The molecular formula is C18H24FNO6. The van der Waals surface area contributed by atoms with E-state index in [-0.39, 0.29) is 11.3 Å². The summed E-state index contributed by atoms with van der Waals surface area (Å²) in [5.74, 6) is -2.34. The number of benzene rings is 1. The molecule has 0 bridgehead atoms. The second-order valence-electron chi connectivity index (χ2n) is 7.36. The number of aliphatic hydroxyl groups excluding tert-OH is 2. The maximum absolute atomic E-state index is 13.3. The molecule has 1 amide bonds. The molecule has 0 saturated carbocycles. The Balaban J connectivity index is 2.10. The number of hydrogen-bond acceptors (Lipinski definition) is 6. The van der Waals surface area contributed by atoms with Gasteiger partial charge in [-0.2, -0.15) is 0 Å². The Morgan fingerprint density at radius 2 is 1.73 bits per heavy atom. The number of Topliss-reactive ketones (excluding diaryl/α,β-unsaturated/α-hetero) is 1. The minimum atomic E-state index is -1.50. The first-order valence-corrected chi connectivity index (χ1v) is 8.28. The van der Waals surface area contributed by atoms with Crippen LogP contribution in [0.5, 0.6) is 0 Å². The summed E-state index contributed by atoms with van der Waals surface area (Å²) in [6.45, 7) is 8.29. The van der Waals surface area contributed by atoms with Gasteiger partial charge in [0, 0.05) is 5.41 Å². The molecule has 1 aromatic rings. The standard InChI is InChI=1S/C18H24FNO6/c1-9(16(23)25-10(2)26-17(24)18(3,4)5)20-13-7-6-11(19)8-12(13)14(21)15(20)22/h6-10,16-17,23-24H,1-5H3. The van der Waals surface area contributed by atoms with E-state index in [9.17, 15) is 24.2 Å². The van der Waals surface area contributed by atoms with Gasteiger partial charge in [0.2, 0.25) is 0 Å². The number of ketones is 1. The summed E-state index contributed by atoms with van der Waals surface area (Å²) in [6, 6.07) is 2.49. The molecule has 8 heteroatoms. The van der Waals surface area contributed by atoms with Gasteiger partial charge in [0.15, 0.2) is 18.9 Å². The topological polar surface area (TPSA) is 96.3 Å². The Kier molecular flexibility index (Phi) is 5.82. The molecule has 1 aliphatic heterocycles. The molecule has 0 saturated heterocycles. The lowest BCUT2D eigenvalue weighted by Gasteiger charge is -2.32. The van der Waals surface area contributed by atoms with Crippen LogP contribution in [0.25, 0.3) is 0 Å². The smallest absolute Gasteiger partial charge is 0.299 e. The van der Waals surface area contributed by atoms with Crippen molar-refractivity contribution >= 4 is 17.4 Å². The van der Waals surface area contributed by atoms with Crippen LogP contribution in [-0.4, -0.2) is 46.8 Å². The highest BCUT2D eigenvalue weighted by Crippen LogP contribution is 2.32. The molecule has 1 aliphatic rings. The van der Waals surface area contributed by atoms with E-state index in [1.165, 1.54) is 19.9 Å². The molecule has 0 fully saturated rings. The summed E-state index contributed by atoms with van der Waals surface area (Å²) in [6.07, 6.45) is -3.59. The minimum absolute atomic E-state index is 0.0542. The van der Waals surface area contributed by atoms with Crippen LogP contribution in [0, 0.1) is 11.2 Å². The van der Waals surface area contributed by atoms with Crippen molar-refractivity contribution in [2.75, 3.05) is 4.90 Å². The number of carbonyl (C=O) groups is 2. The van der Waals surface area contributed by atoms with Crippen molar-refractivity contribution in [3.63, 3.8) is 0 Å². The van der Waals surface area contributed by atoms with Crippen molar-refractivity contribution in [2.24, 2.45) is 5.41 Å². The van der Waals surface area contributed by atoms with Crippen molar-refractivity contribution in [2.45, 2.75) is 59.5 Å². The number of halogens is 1. The Morgan fingerprint density at radius 1 is 1.12 bits per heavy atom. The van der Waals surface area contributed by atoms with Gasteiger partial charge in [-0.3, -0.25) is 14.5 Å². The third-order valence-corrected chi connectivity index (χ3v) is 4.09. The third-order valence-electron chi connectivity index (χ3n) is 4.09. The number of fused-ring (bicyclic) bond motifs is 1.